The molecule has 3 heteroatoms. The summed E-state index contributed by atoms with van der Waals surface area (Å²) in [5.41, 5.74) is 0. The third-order valence-corrected chi connectivity index (χ3v) is 3.29. The Morgan fingerprint density at radius 3 is 0.742 bits per heavy atom. The van der Waals surface area contributed by atoms with Gasteiger partial charge in [-0.15, -0.1) is 0 Å². The highest BCUT2D eigenvalue weighted by atomic mass is 16.5. The van der Waals surface area contributed by atoms with Crippen LogP contribution >= 0.6 is 0 Å². The van der Waals surface area contributed by atoms with Gasteiger partial charge in [-0.25, -0.2) is 0 Å². The van der Waals surface area contributed by atoms with Crippen molar-refractivity contribution in [2.24, 2.45) is 35.5 Å². The first kappa shape index (κ1) is 44.5. The molecule has 0 aliphatic rings. The Hall–Kier alpha value is -0.120. The van der Waals surface area contributed by atoms with Crippen molar-refractivity contribution in [1.82, 2.24) is 0 Å². The number of ether oxygens (including phenoxy) is 2. The van der Waals surface area contributed by atoms with Gasteiger partial charge in [0, 0.05) is 26.4 Å². The normalized spacial score (nSPS) is 10.5. The van der Waals surface area contributed by atoms with Gasteiger partial charge in [0.15, 0.2) is 0 Å². The van der Waals surface area contributed by atoms with Crippen LogP contribution in [-0.4, -0.2) is 37.6 Å². The average molecular weight is 453 g/mol. The van der Waals surface area contributed by atoms with E-state index in [-0.39, 0.29) is 28.4 Å². The summed E-state index contributed by atoms with van der Waals surface area (Å²) in [6.07, 6.45) is 1.80. The van der Waals surface area contributed by atoms with Crippen molar-refractivity contribution in [3.8, 4) is 0 Å². The second-order valence-corrected chi connectivity index (χ2v) is 10.6. The molecule has 0 radical (unpaired) electrons. The van der Waals surface area contributed by atoms with Crippen molar-refractivity contribution in [2.45, 2.75) is 124 Å². The zero-order valence-electron chi connectivity index (χ0n) is 21.5. The highest BCUT2D eigenvalue weighted by Crippen LogP contribution is 2.12. The van der Waals surface area contributed by atoms with Crippen LogP contribution in [0.3, 0.4) is 0 Å². The van der Waals surface area contributed by atoms with E-state index in [1.54, 1.807) is 0 Å². The highest BCUT2D eigenvalue weighted by Gasteiger charge is 2.08. The third kappa shape index (κ3) is 58.8. The zero-order valence-corrected chi connectivity index (χ0v) is 21.5. The molecule has 0 aromatic rings. The maximum Gasteiger partial charge on any atom is 0.0545 e. The largest absolute Gasteiger partial charge is 0.393 e. The number of hydrogen-bond acceptors (Lipinski definition) is 3. The van der Waals surface area contributed by atoms with Crippen LogP contribution < -0.4 is 0 Å². The van der Waals surface area contributed by atoms with E-state index in [4.69, 9.17) is 9.47 Å². The summed E-state index contributed by atoms with van der Waals surface area (Å²) in [6.45, 7) is 29.5. The van der Waals surface area contributed by atoms with E-state index in [1.165, 1.54) is 0 Å². The Balaban J connectivity index is -0.0000000722. The lowest BCUT2D eigenvalue weighted by molar-refractivity contribution is 0.0886. The van der Waals surface area contributed by atoms with Gasteiger partial charge in [-0.05, 0) is 48.3 Å². The molecule has 0 spiro atoms. The van der Waals surface area contributed by atoms with Crippen molar-refractivity contribution in [2.75, 3.05) is 26.4 Å². The second kappa shape index (κ2) is 29.9. The molecule has 0 atom stereocenters. The molecule has 0 saturated heterocycles. The lowest BCUT2D eigenvalue weighted by Gasteiger charge is -2.14. The summed E-state index contributed by atoms with van der Waals surface area (Å²) < 4.78 is 10.7. The minimum atomic E-state index is -0.0833. The molecule has 0 heterocycles. The maximum atomic E-state index is 9.39. The van der Waals surface area contributed by atoms with Gasteiger partial charge in [0.2, 0.25) is 0 Å². The number of rotatable bonds is 12. The quantitative estimate of drug-likeness (QED) is 0.321. The van der Waals surface area contributed by atoms with Gasteiger partial charge in [0.25, 0.3) is 0 Å². The van der Waals surface area contributed by atoms with Gasteiger partial charge in [-0.3, -0.25) is 0 Å². The standard InChI is InChI=1S/C9H20O.2C8H18O.3CH4/c1-7(2)5-9(10)6-8(3)4;2*1-7(2)5-9-6-8(3)4;;;/h7-10H,5-6H2,1-4H3;2*7-8H,5-6H2,1-4H3;3*1H4. The zero-order chi connectivity index (χ0) is 22.7. The van der Waals surface area contributed by atoms with Crippen molar-refractivity contribution in [3.05, 3.63) is 0 Å². The Bertz CT molecular complexity index is 240. The van der Waals surface area contributed by atoms with Gasteiger partial charge >= 0.3 is 0 Å². The van der Waals surface area contributed by atoms with E-state index in [0.717, 1.165) is 39.3 Å². The van der Waals surface area contributed by atoms with Gasteiger partial charge < -0.3 is 14.6 Å². The Morgan fingerprint density at radius 2 is 0.613 bits per heavy atom. The van der Waals surface area contributed by atoms with Crippen LogP contribution in [0.4, 0.5) is 0 Å². The molecule has 0 aliphatic carbocycles. The molecule has 3 nitrogen and oxygen atoms in total. The van der Waals surface area contributed by atoms with Gasteiger partial charge in [0.05, 0.1) is 6.10 Å². The summed E-state index contributed by atoms with van der Waals surface area (Å²) in [5, 5.41) is 9.39. The van der Waals surface area contributed by atoms with Crippen LogP contribution in [0, 0.1) is 35.5 Å². The molecular weight excluding hydrogens is 384 g/mol. The SMILES string of the molecule is C.C.C.CC(C)CC(O)CC(C)C.CC(C)COCC(C)C.CC(C)COCC(C)C. The van der Waals surface area contributed by atoms with Gasteiger partial charge in [-0.1, -0.05) is 105 Å². The Labute approximate surface area is 201 Å². The van der Waals surface area contributed by atoms with Crippen LogP contribution in [0.15, 0.2) is 0 Å². The fourth-order valence-corrected chi connectivity index (χ4v) is 2.26. The summed E-state index contributed by atoms with van der Waals surface area (Å²) in [6, 6.07) is 0. The summed E-state index contributed by atoms with van der Waals surface area (Å²) in [5.74, 6) is 3.92. The monoisotopic (exact) mass is 453 g/mol. The van der Waals surface area contributed by atoms with Crippen LogP contribution in [0.2, 0.25) is 0 Å². The van der Waals surface area contributed by atoms with E-state index in [0.29, 0.717) is 35.5 Å². The third-order valence-electron chi connectivity index (χ3n) is 3.29. The van der Waals surface area contributed by atoms with E-state index >= 15 is 0 Å². The van der Waals surface area contributed by atoms with E-state index < -0.39 is 0 Å². The van der Waals surface area contributed by atoms with Crippen molar-refractivity contribution >= 4 is 0 Å². The van der Waals surface area contributed by atoms with Crippen molar-refractivity contribution in [1.29, 1.82) is 0 Å². The van der Waals surface area contributed by atoms with Crippen molar-refractivity contribution in [3.63, 3.8) is 0 Å². The fourth-order valence-electron chi connectivity index (χ4n) is 2.26. The molecule has 0 unspecified atom stereocenters. The number of hydrogen-bond donors (Lipinski definition) is 1. The molecule has 0 amide bonds. The van der Waals surface area contributed by atoms with Crippen molar-refractivity contribution < 1.29 is 14.6 Å². The molecule has 0 fully saturated rings. The molecule has 0 saturated carbocycles. The Morgan fingerprint density at radius 1 is 0.419 bits per heavy atom. The molecule has 0 bridgehead atoms. The summed E-state index contributed by atoms with van der Waals surface area (Å²) >= 11 is 0. The first-order valence-corrected chi connectivity index (χ1v) is 11.6. The smallest absolute Gasteiger partial charge is 0.0545 e. The molecule has 0 aromatic heterocycles. The Kier molecular flexibility index (Phi) is 42.9. The predicted molar refractivity (Wildman–Crippen MR) is 146 cm³/mol. The van der Waals surface area contributed by atoms with Crippen LogP contribution in [0.25, 0.3) is 0 Å². The molecule has 198 valence electrons. The number of aliphatic hydroxyl groups is 1. The fraction of sp³-hybridized carbons (Fsp3) is 1.00. The summed E-state index contributed by atoms with van der Waals surface area (Å²) in [4.78, 5) is 0. The van der Waals surface area contributed by atoms with Gasteiger partial charge in [0.1, 0.15) is 0 Å². The molecule has 0 aromatic carbocycles. The maximum absolute atomic E-state index is 9.39. The molecule has 1 N–H and O–H groups in total. The van der Waals surface area contributed by atoms with Gasteiger partial charge in [-0.2, -0.15) is 0 Å². The minimum absolute atomic E-state index is 0. The summed E-state index contributed by atoms with van der Waals surface area (Å²) in [7, 11) is 0. The van der Waals surface area contributed by atoms with E-state index in [1.807, 2.05) is 0 Å². The number of aliphatic hydroxyl groups excluding tert-OH is 1. The molecular formula is C28H68O3. The minimum Gasteiger partial charge on any atom is -0.393 e. The first-order valence-electron chi connectivity index (χ1n) is 11.6. The predicted octanol–water partition coefficient (Wildman–Crippen LogP) is 8.98. The van der Waals surface area contributed by atoms with E-state index in [2.05, 4.69) is 83.1 Å². The lowest BCUT2D eigenvalue weighted by Crippen LogP contribution is -2.12. The molecule has 0 aliphatic heterocycles. The topological polar surface area (TPSA) is 38.7 Å². The van der Waals surface area contributed by atoms with Crippen LogP contribution in [0.1, 0.15) is 118 Å². The molecule has 0 rings (SSSR count). The molecule has 31 heavy (non-hydrogen) atoms. The van der Waals surface area contributed by atoms with Crippen LogP contribution in [-0.2, 0) is 9.47 Å². The highest BCUT2D eigenvalue weighted by molar-refractivity contribution is 4.60. The first-order chi connectivity index (χ1) is 12.8. The lowest BCUT2D eigenvalue weighted by atomic mass is 9.98. The second-order valence-electron chi connectivity index (χ2n) is 10.6. The van der Waals surface area contributed by atoms with E-state index in [9.17, 15) is 5.11 Å². The van der Waals surface area contributed by atoms with Crippen LogP contribution in [0.5, 0.6) is 0 Å². The average Bonchev–Trinajstić information content (AvgIpc) is 2.44.